The first kappa shape index (κ1) is 13.2. The minimum atomic E-state index is -0.224. The molecule has 0 bridgehead atoms. The molecule has 1 aliphatic carbocycles. The standard InChI is InChI=1S/C13H12ClNO2.ClH/c14-15-12-7-11(17-8-9-1-2-9)5-3-10(12)4-6-13(15)16;/h3-7,9H,1-2,8H2;1H. The molecule has 2 aromatic rings. The lowest BCUT2D eigenvalue weighted by molar-refractivity contribution is 0.300. The number of benzene rings is 1. The van der Waals surface area contributed by atoms with Crippen LogP contribution in [0.5, 0.6) is 5.75 Å². The topological polar surface area (TPSA) is 31.2 Å². The Hall–Kier alpha value is -1.19. The normalized spacial score (nSPS) is 14.3. The number of aromatic nitrogens is 1. The van der Waals surface area contributed by atoms with Crippen molar-refractivity contribution in [3.8, 4) is 5.75 Å². The number of rotatable bonds is 3. The molecular weight excluding hydrogens is 273 g/mol. The highest BCUT2D eigenvalue weighted by molar-refractivity contribution is 6.18. The van der Waals surface area contributed by atoms with Crippen molar-refractivity contribution in [3.05, 3.63) is 40.7 Å². The maximum atomic E-state index is 11.4. The predicted octanol–water partition coefficient (Wildman–Crippen LogP) is 3.21. The largest absolute Gasteiger partial charge is 0.493 e. The summed E-state index contributed by atoms with van der Waals surface area (Å²) in [6, 6.07) is 8.86. The summed E-state index contributed by atoms with van der Waals surface area (Å²) in [5.41, 5.74) is 0.464. The molecule has 0 amide bonds. The SMILES string of the molecule is Cl.O=c1ccc2ccc(OCC3CC3)cc2n1Cl. The van der Waals surface area contributed by atoms with E-state index < -0.39 is 0 Å². The summed E-state index contributed by atoms with van der Waals surface area (Å²) in [4.78, 5) is 11.4. The van der Waals surface area contributed by atoms with Crippen molar-refractivity contribution in [1.29, 1.82) is 0 Å². The first-order valence-electron chi connectivity index (χ1n) is 5.69. The van der Waals surface area contributed by atoms with Crippen LogP contribution >= 0.6 is 24.2 Å². The van der Waals surface area contributed by atoms with Gasteiger partial charge in [0.05, 0.1) is 12.1 Å². The summed E-state index contributed by atoms with van der Waals surface area (Å²) in [5.74, 6) is 1.48. The van der Waals surface area contributed by atoms with Crippen molar-refractivity contribution >= 4 is 35.1 Å². The molecule has 18 heavy (non-hydrogen) atoms. The van der Waals surface area contributed by atoms with Gasteiger partial charge in [-0.1, -0.05) is 0 Å². The molecule has 5 heteroatoms. The summed E-state index contributed by atoms with van der Waals surface area (Å²) < 4.78 is 6.78. The number of pyridine rings is 1. The summed E-state index contributed by atoms with van der Waals surface area (Å²) in [7, 11) is 0. The van der Waals surface area contributed by atoms with Crippen LogP contribution in [0.3, 0.4) is 0 Å². The van der Waals surface area contributed by atoms with Crippen LogP contribution < -0.4 is 10.3 Å². The maximum Gasteiger partial charge on any atom is 0.265 e. The molecule has 0 aliphatic heterocycles. The molecular formula is C13H13Cl2NO2. The molecule has 1 aromatic carbocycles. The van der Waals surface area contributed by atoms with Crippen molar-refractivity contribution in [3.63, 3.8) is 0 Å². The van der Waals surface area contributed by atoms with Gasteiger partial charge in [0.15, 0.2) is 0 Å². The molecule has 96 valence electrons. The number of hydrogen-bond acceptors (Lipinski definition) is 2. The van der Waals surface area contributed by atoms with Gasteiger partial charge in [0.25, 0.3) is 5.56 Å². The van der Waals surface area contributed by atoms with Crippen molar-refractivity contribution in [2.24, 2.45) is 5.92 Å². The van der Waals surface area contributed by atoms with Crippen LogP contribution in [0, 0.1) is 5.92 Å². The Morgan fingerprint density at radius 3 is 2.72 bits per heavy atom. The van der Waals surface area contributed by atoms with Crippen LogP contribution in [0.15, 0.2) is 35.1 Å². The van der Waals surface area contributed by atoms with E-state index in [1.807, 2.05) is 18.2 Å². The smallest absolute Gasteiger partial charge is 0.265 e. The Morgan fingerprint density at radius 1 is 1.28 bits per heavy atom. The maximum absolute atomic E-state index is 11.4. The van der Waals surface area contributed by atoms with Gasteiger partial charge in [0.1, 0.15) is 5.75 Å². The van der Waals surface area contributed by atoms with E-state index >= 15 is 0 Å². The van der Waals surface area contributed by atoms with Crippen LogP contribution in [-0.2, 0) is 0 Å². The highest BCUT2D eigenvalue weighted by Gasteiger charge is 2.21. The fourth-order valence-electron chi connectivity index (χ4n) is 1.77. The third-order valence-electron chi connectivity index (χ3n) is 2.99. The van der Waals surface area contributed by atoms with Gasteiger partial charge in [-0.3, -0.25) is 4.79 Å². The van der Waals surface area contributed by atoms with E-state index in [1.165, 1.54) is 18.9 Å². The first-order chi connectivity index (χ1) is 8.24. The zero-order valence-corrected chi connectivity index (χ0v) is 11.2. The van der Waals surface area contributed by atoms with Crippen LogP contribution in [0.1, 0.15) is 12.8 Å². The summed E-state index contributed by atoms with van der Waals surface area (Å²) in [6.45, 7) is 0.755. The third-order valence-corrected chi connectivity index (χ3v) is 3.34. The second-order valence-electron chi connectivity index (χ2n) is 4.43. The van der Waals surface area contributed by atoms with E-state index in [4.69, 9.17) is 16.5 Å². The Labute approximate surface area is 116 Å². The van der Waals surface area contributed by atoms with Crippen molar-refractivity contribution < 1.29 is 4.74 Å². The average molecular weight is 286 g/mol. The van der Waals surface area contributed by atoms with E-state index in [0.717, 1.165) is 21.8 Å². The molecule has 0 radical (unpaired) electrons. The fourth-order valence-corrected chi connectivity index (χ4v) is 1.97. The molecule has 1 fully saturated rings. The second kappa shape index (κ2) is 5.21. The molecule has 0 atom stereocenters. The van der Waals surface area contributed by atoms with E-state index in [9.17, 15) is 4.79 Å². The van der Waals surface area contributed by atoms with Crippen molar-refractivity contribution in [2.75, 3.05) is 6.61 Å². The molecule has 0 saturated heterocycles. The van der Waals surface area contributed by atoms with Gasteiger partial charge >= 0.3 is 0 Å². The van der Waals surface area contributed by atoms with Crippen LogP contribution in [0.25, 0.3) is 10.9 Å². The number of ether oxygens (including phenoxy) is 1. The van der Waals surface area contributed by atoms with Gasteiger partial charge in [-0.25, -0.2) is 4.09 Å². The molecule has 0 spiro atoms. The second-order valence-corrected chi connectivity index (χ2v) is 4.77. The summed E-state index contributed by atoms with van der Waals surface area (Å²) in [5, 5.41) is 0.929. The number of fused-ring (bicyclic) bond motifs is 1. The quantitative estimate of drug-likeness (QED) is 0.867. The molecule has 1 saturated carbocycles. The Balaban J connectivity index is 0.00000120. The van der Waals surface area contributed by atoms with Crippen LogP contribution in [0.4, 0.5) is 0 Å². The molecule has 3 nitrogen and oxygen atoms in total. The van der Waals surface area contributed by atoms with Gasteiger partial charge in [0.2, 0.25) is 0 Å². The zero-order valence-electron chi connectivity index (χ0n) is 9.64. The van der Waals surface area contributed by atoms with E-state index in [2.05, 4.69) is 0 Å². The molecule has 1 aliphatic rings. The van der Waals surface area contributed by atoms with Gasteiger partial charge in [-0.15, -0.1) is 12.4 Å². The van der Waals surface area contributed by atoms with Gasteiger partial charge in [-0.05, 0) is 37.0 Å². The fraction of sp³-hybridized carbons (Fsp3) is 0.308. The van der Waals surface area contributed by atoms with Crippen molar-refractivity contribution in [1.82, 2.24) is 4.09 Å². The number of hydrogen-bond donors (Lipinski definition) is 0. The van der Waals surface area contributed by atoms with E-state index in [0.29, 0.717) is 11.4 Å². The highest BCUT2D eigenvalue weighted by Crippen LogP contribution is 2.30. The Morgan fingerprint density at radius 2 is 2.00 bits per heavy atom. The first-order valence-corrected chi connectivity index (χ1v) is 6.02. The van der Waals surface area contributed by atoms with Gasteiger partial charge in [0, 0.05) is 29.3 Å². The monoisotopic (exact) mass is 285 g/mol. The lowest BCUT2D eigenvalue weighted by atomic mass is 10.2. The minimum Gasteiger partial charge on any atom is -0.493 e. The Bertz CT molecular complexity index is 620. The van der Waals surface area contributed by atoms with Gasteiger partial charge < -0.3 is 4.74 Å². The average Bonchev–Trinajstić information content (AvgIpc) is 3.16. The summed E-state index contributed by atoms with van der Waals surface area (Å²) in [6.07, 6.45) is 2.52. The molecule has 1 aromatic heterocycles. The highest BCUT2D eigenvalue weighted by atomic mass is 35.5. The predicted molar refractivity (Wildman–Crippen MR) is 74.9 cm³/mol. The molecule has 0 N–H and O–H groups in total. The number of halogens is 2. The van der Waals surface area contributed by atoms with E-state index in [-0.39, 0.29) is 18.0 Å². The molecule has 0 unspecified atom stereocenters. The lowest BCUT2D eigenvalue weighted by Crippen LogP contribution is -2.10. The number of nitrogens with zero attached hydrogens (tertiary/aromatic N) is 1. The third kappa shape index (κ3) is 2.62. The lowest BCUT2D eigenvalue weighted by Gasteiger charge is -2.07. The zero-order chi connectivity index (χ0) is 11.8. The van der Waals surface area contributed by atoms with Crippen LogP contribution in [-0.4, -0.2) is 10.7 Å². The van der Waals surface area contributed by atoms with E-state index in [1.54, 1.807) is 6.07 Å². The Kier molecular flexibility index (Phi) is 3.83. The minimum absolute atomic E-state index is 0. The van der Waals surface area contributed by atoms with Crippen molar-refractivity contribution in [2.45, 2.75) is 12.8 Å². The van der Waals surface area contributed by atoms with Gasteiger partial charge in [-0.2, -0.15) is 0 Å². The molecule has 1 heterocycles. The molecule has 3 rings (SSSR count). The summed E-state index contributed by atoms with van der Waals surface area (Å²) >= 11 is 5.92. The van der Waals surface area contributed by atoms with Crippen LogP contribution in [0.2, 0.25) is 0 Å².